The molecule has 0 amide bonds. The molecule has 3 N–H and O–H groups in total. The lowest BCUT2D eigenvalue weighted by atomic mass is 10.0. The fourth-order valence-electron chi connectivity index (χ4n) is 0.934. The van der Waals surface area contributed by atoms with Gasteiger partial charge in [-0.2, -0.15) is 13.2 Å². The molecular weight excluding hydrogens is 165 g/mol. The minimum absolute atomic E-state index is 0.444. The maximum Gasteiger partial charge on any atom is 0.402 e. The molecule has 1 aliphatic carbocycles. The van der Waals surface area contributed by atoms with E-state index in [-0.39, 0.29) is 0 Å². The monoisotopic (exact) mass is 172 g/mol. The summed E-state index contributed by atoms with van der Waals surface area (Å²) in [6.07, 6.45) is -5.65. The second-order valence-electron chi connectivity index (χ2n) is 2.72. The molecule has 6 heteroatoms. The van der Waals surface area contributed by atoms with E-state index < -0.39 is 30.4 Å². The van der Waals surface area contributed by atoms with Crippen molar-refractivity contribution in [1.82, 2.24) is 0 Å². The number of alkyl halides is 3. The molecule has 0 radical (unpaired) electrons. The van der Waals surface area contributed by atoms with E-state index in [1.54, 1.807) is 0 Å². The smallest absolute Gasteiger partial charge is 0.343 e. The highest BCUT2D eigenvalue weighted by Crippen LogP contribution is 2.62. The fourth-order valence-corrected chi connectivity index (χ4v) is 0.934. The van der Waals surface area contributed by atoms with Gasteiger partial charge in [0.1, 0.15) is 5.41 Å². The van der Waals surface area contributed by atoms with Gasteiger partial charge in [-0.1, -0.05) is 0 Å². The first-order chi connectivity index (χ1) is 4.71. The number of halogens is 3. The van der Waals surface area contributed by atoms with Crippen LogP contribution in [0.25, 0.3) is 0 Å². The van der Waals surface area contributed by atoms with Crippen LogP contribution in [0.5, 0.6) is 0 Å². The van der Waals surface area contributed by atoms with E-state index in [1.165, 1.54) is 0 Å². The maximum atomic E-state index is 11.9. The maximum absolute atomic E-state index is 11.9. The van der Waals surface area contributed by atoms with Gasteiger partial charge in [-0.3, -0.25) is 0 Å². The van der Waals surface area contributed by atoms with Crippen LogP contribution in [-0.2, 0) is 0 Å². The zero-order chi connectivity index (χ0) is 8.91. The Kier molecular flexibility index (Phi) is 1.50. The molecule has 66 valence electrons. The summed E-state index contributed by atoms with van der Waals surface area (Å²) in [4.78, 5) is 0. The molecule has 1 rings (SSSR count). The summed E-state index contributed by atoms with van der Waals surface area (Å²) >= 11 is 0. The lowest BCUT2D eigenvalue weighted by Gasteiger charge is -2.27. The Labute approximate surface area is 60.1 Å². The van der Waals surface area contributed by atoms with Crippen molar-refractivity contribution in [3.05, 3.63) is 0 Å². The summed E-state index contributed by atoms with van der Waals surface area (Å²) < 4.78 is 35.7. The van der Waals surface area contributed by atoms with Crippen LogP contribution in [0.3, 0.4) is 0 Å². The van der Waals surface area contributed by atoms with Crippen molar-refractivity contribution in [3.8, 4) is 0 Å². The summed E-state index contributed by atoms with van der Waals surface area (Å²) in [6, 6.07) is 0. The van der Waals surface area contributed by atoms with E-state index in [9.17, 15) is 13.2 Å². The minimum atomic E-state index is -4.76. The lowest BCUT2D eigenvalue weighted by molar-refractivity contribution is -0.401. The van der Waals surface area contributed by atoms with E-state index in [1.807, 2.05) is 0 Å². The highest BCUT2D eigenvalue weighted by atomic mass is 19.4. The largest absolute Gasteiger partial charge is 0.402 e. The molecule has 1 fully saturated rings. The predicted octanol–water partition coefficient (Wildman–Crippen LogP) is -0.0404. The van der Waals surface area contributed by atoms with Crippen molar-refractivity contribution >= 4 is 0 Å². The molecule has 0 aromatic carbocycles. The Bertz CT molecular complexity index is 149. The van der Waals surface area contributed by atoms with Gasteiger partial charge in [0.15, 0.2) is 0 Å². The third-order valence-corrected chi connectivity index (χ3v) is 1.93. The van der Waals surface area contributed by atoms with Crippen molar-refractivity contribution in [2.24, 2.45) is 5.41 Å². The third kappa shape index (κ3) is 1.11. The van der Waals surface area contributed by atoms with E-state index in [2.05, 4.69) is 0 Å². The topological polar surface area (TPSA) is 60.7 Å². The van der Waals surface area contributed by atoms with Crippen LogP contribution < -0.4 is 0 Å². The van der Waals surface area contributed by atoms with Crippen molar-refractivity contribution in [1.29, 1.82) is 0 Å². The molecule has 11 heavy (non-hydrogen) atoms. The quantitative estimate of drug-likeness (QED) is 0.486. The molecule has 3 nitrogen and oxygen atoms in total. The molecule has 1 aliphatic rings. The third-order valence-electron chi connectivity index (χ3n) is 1.93. The van der Waals surface area contributed by atoms with Crippen LogP contribution in [0, 0.1) is 5.41 Å². The summed E-state index contributed by atoms with van der Waals surface area (Å²) in [5.74, 6) is -3.63. The SMILES string of the molecule is OC(O)(O)C1(C(F)(F)F)CC1. The lowest BCUT2D eigenvalue weighted by Crippen LogP contribution is -2.47. The molecule has 0 spiro atoms. The second-order valence-corrected chi connectivity index (χ2v) is 2.72. The standard InChI is InChI=1S/C5H7F3O3/c6-4(7,8)3(1-2-3)5(9,10)11/h9-11H,1-2H2. The molecule has 0 aliphatic heterocycles. The number of hydrogen-bond acceptors (Lipinski definition) is 3. The van der Waals surface area contributed by atoms with Crippen LogP contribution >= 0.6 is 0 Å². The van der Waals surface area contributed by atoms with Crippen molar-refractivity contribution in [3.63, 3.8) is 0 Å². The first-order valence-corrected chi connectivity index (χ1v) is 2.94. The molecule has 0 unspecified atom stereocenters. The van der Waals surface area contributed by atoms with E-state index >= 15 is 0 Å². The molecule has 0 aromatic heterocycles. The summed E-state index contributed by atoms with van der Waals surface area (Å²) in [5, 5.41) is 25.0. The molecule has 0 heterocycles. The first-order valence-electron chi connectivity index (χ1n) is 2.94. The van der Waals surface area contributed by atoms with Crippen LogP contribution in [-0.4, -0.2) is 27.5 Å². The zero-order valence-electron chi connectivity index (χ0n) is 5.39. The predicted molar refractivity (Wildman–Crippen MR) is 27.1 cm³/mol. The normalized spacial score (nSPS) is 23.5. The number of rotatable bonds is 1. The van der Waals surface area contributed by atoms with Gasteiger partial charge in [0, 0.05) is 0 Å². The van der Waals surface area contributed by atoms with Crippen molar-refractivity contribution in [2.45, 2.75) is 25.0 Å². The highest BCUT2D eigenvalue weighted by molar-refractivity contribution is 5.03. The molecule has 1 saturated carbocycles. The van der Waals surface area contributed by atoms with Crippen LogP contribution in [0.2, 0.25) is 0 Å². The van der Waals surface area contributed by atoms with Crippen LogP contribution in [0.4, 0.5) is 13.2 Å². The Morgan fingerprint density at radius 3 is 1.36 bits per heavy atom. The molecule has 0 atom stereocenters. The van der Waals surface area contributed by atoms with Gasteiger partial charge < -0.3 is 15.3 Å². The van der Waals surface area contributed by atoms with Crippen LogP contribution in [0.1, 0.15) is 12.8 Å². The Balaban J connectivity index is 2.85. The first kappa shape index (κ1) is 8.76. The van der Waals surface area contributed by atoms with E-state index in [4.69, 9.17) is 15.3 Å². The Hall–Kier alpha value is -0.330. The Morgan fingerprint density at radius 2 is 1.36 bits per heavy atom. The van der Waals surface area contributed by atoms with E-state index in [0.29, 0.717) is 0 Å². The van der Waals surface area contributed by atoms with Crippen molar-refractivity contribution in [2.75, 3.05) is 0 Å². The summed E-state index contributed by atoms with van der Waals surface area (Å²) in [7, 11) is 0. The second kappa shape index (κ2) is 1.88. The number of aliphatic hydroxyl groups is 3. The van der Waals surface area contributed by atoms with E-state index in [0.717, 1.165) is 0 Å². The van der Waals surface area contributed by atoms with Gasteiger partial charge >= 0.3 is 6.18 Å². The Morgan fingerprint density at radius 1 is 1.00 bits per heavy atom. The summed E-state index contributed by atoms with van der Waals surface area (Å²) in [6.45, 7) is 0. The average molecular weight is 172 g/mol. The van der Waals surface area contributed by atoms with Gasteiger partial charge in [-0.25, -0.2) is 0 Å². The molecule has 0 saturated heterocycles. The molecule has 0 aromatic rings. The average Bonchev–Trinajstić information content (AvgIpc) is 2.31. The highest BCUT2D eigenvalue weighted by Gasteiger charge is 2.74. The molecular formula is C5H7F3O3. The van der Waals surface area contributed by atoms with Gasteiger partial charge in [0.25, 0.3) is 5.97 Å². The van der Waals surface area contributed by atoms with Gasteiger partial charge in [-0.15, -0.1) is 0 Å². The van der Waals surface area contributed by atoms with Crippen molar-refractivity contribution < 1.29 is 28.5 Å². The van der Waals surface area contributed by atoms with Crippen LogP contribution in [0.15, 0.2) is 0 Å². The van der Waals surface area contributed by atoms with Gasteiger partial charge in [-0.05, 0) is 12.8 Å². The number of hydrogen-bond donors (Lipinski definition) is 3. The summed E-state index contributed by atoms with van der Waals surface area (Å²) in [5.41, 5.74) is -2.71. The fraction of sp³-hybridized carbons (Fsp3) is 1.00. The van der Waals surface area contributed by atoms with Gasteiger partial charge in [0.05, 0.1) is 0 Å². The molecule has 0 bridgehead atoms. The zero-order valence-corrected chi connectivity index (χ0v) is 5.39. The minimum Gasteiger partial charge on any atom is -0.343 e. The van der Waals surface area contributed by atoms with Gasteiger partial charge in [0.2, 0.25) is 0 Å².